The van der Waals surface area contributed by atoms with E-state index in [4.69, 9.17) is 18.6 Å². The van der Waals surface area contributed by atoms with Crippen LogP contribution >= 0.6 is 0 Å². The molecule has 4 rings (SSSR count). The number of anilines is 1. The molecule has 10 nitrogen and oxygen atoms in total. The summed E-state index contributed by atoms with van der Waals surface area (Å²) in [5.41, 5.74) is 3.02. The quantitative estimate of drug-likeness (QED) is 0.302. The predicted octanol–water partition coefficient (Wildman–Crippen LogP) is 4.60. The summed E-state index contributed by atoms with van der Waals surface area (Å²) in [6, 6.07) is 9.42. The van der Waals surface area contributed by atoms with Crippen molar-refractivity contribution in [1.29, 1.82) is 0 Å². The van der Waals surface area contributed by atoms with E-state index in [1.54, 1.807) is 45.8 Å². The summed E-state index contributed by atoms with van der Waals surface area (Å²) in [7, 11) is 4.66. The number of carbonyl (C=O) groups is 2. The van der Waals surface area contributed by atoms with Crippen LogP contribution < -0.4 is 35.6 Å². The molecule has 224 valence electrons. The number of rotatable bonds is 11. The summed E-state index contributed by atoms with van der Waals surface area (Å²) in [4.78, 5) is 39.1. The third kappa shape index (κ3) is 6.70. The lowest BCUT2D eigenvalue weighted by Gasteiger charge is -2.20. The lowest BCUT2D eigenvalue weighted by Crippen LogP contribution is -2.41. The zero-order valence-corrected chi connectivity index (χ0v) is 25.0. The molecule has 1 heterocycles. The van der Waals surface area contributed by atoms with Crippen LogP contribution in [0.3, 0.4) is 0 Å². The first kappa shape index (κ1) is 30.5. The van der Waals surface area contributed by atoms with Crippen molar-refractivity contribution in [2.24, 2.45) is 5.92 Å². The van der Waals surface area contributed by atoms with Crippen LogP contribution in [0.4, 0.5) is 5.69 Å². The van der Waals surface area contributed by atoms with E-state index in [1.165, 1.54) is 13.0 Å². The van der Waals surface area contributed by atoms with Gasteiger partial charge in [-0.1, -0.05) is 19.9 Å². The van der Waals surface area contributed by atoms with Crippen molar-refractivity contribution >= 4 is 17.5 Å². The first-order chi connectivity index (χ1) is 20.2. The van der Waals surface area contributed by atoms with Gasteiger partial charge >= 0.3 is 0 Å². The van der Waals surface area contributed by atoms with E-state index in [0.29, 0.717) is 53.4 Å². The van der Waals surface area contributed by atoms with Crippen LogP contribution in [0.1, 0.15) is 56.5 Å². The summed E-state index contributed by atoms with van der Waals surface area (Å²) >= 11 is 0. The van der Waals surface area contributed by atoms with Gasteiger partial charge in [-0.2, -0.15) is 0 Å². The number of methoxy groups -OCH3 is 3. The Morgan fingerprint density at radius 2 is 1.81 bits per heavy atom. The minimum atomic E-state index is -0.660. The third-order valence-electron chi connectivity index (χ3n) is 7.29. The summed E-state index contributed by atoms with van der Waals surface area (Å²) in [6.45, 7) is 5.73. The molecule has 0 aliphatic heterocycles. The van der Waals surface area contributed by atoms with Crippen LogP contribution in [-0.4, -0.2) is 39.2 Å². The topological polar surface area (TPSA) is 128 Å². The fourth-order valence-electron chi connectivity index (χ4n) is 5.43. The summed E-state index contributed by atoms with van der Waals surface area (Å²) in [6.07, 6.45) is 3.20. The number of ether oxygens (including phenoxy) is 3. The molecule has 0 saturated heterocycles. The summed E-state index contributed by atoms with van der Waals surface area (Å²) in [5.74, 6) is 1.80. The molecular weight excluding hydrogens is 538 g/mol. The van der Waals surface area contributed by atoms with Crippen molar-refractivity contribution in [2.45, 2.75) is 58.7 Å². The highest BCUT2D eigenvalue weighted by molar-refractivity contribution is 5.86. The zero-order valence-electron chi connectivity index (χ0n) is 25.0. The minimum absolute atomic E-state index is 0.184. The maximum atomic E-state index is 13.7. The molecule has 10 heteroatoms. The third-order valence-corrected chi connectivity index (χ3v) is 7.29. The predicted molar refractivity (Wildman–Crippen MR) is 160 cm³/mol. The molecule has 2 atom stereocenters. The molecule has 2 aromatic carbocycles. The summed E-state index contributed by atoms with van der Waals surface area (Å²) < 4.78 is 22.4. The van der Waals surface area contributed by atoms with Crippen molar-refractivity contribution in [1.82, 2.24) is 10.6 Å². The molecule has 3 N–H and O–H groups in total. The Balaban J connectivity index is 1.82. The van der Waals surface area contributed by atoms with Gasteiger partial charge in [0.2, 0.25) is 23.0 Å². The number of nitrogens with one attached hydrogen (secondary N) is 3. The van der Waals surface area contributed by atoms with Crippen molar-refractivity contribution in [2.75, 3.05) is 26.6 Å². The van der Waals surface area contributed by atoms with E-state index >= 15 is 0 Å². The fourth-order valence-corrected chi connectivity index (χ4v) is 5.43. The second-order valence-corrected chi connectivity index (χ2v) is 10.7. The van der Waals surface area contributed by atoms with Crippen molar-refractivity contribution in [3.8, 4) is 28.4 Å². The largest absolute Gasteiger partial charge is 0.493 e. The van der Waals surface area contributed by atoms with Crippen LogP contribution in [-0.2, 0) is 22.6 Å². The van der Waals surface area contributed by atoms with Gasteiger partial charge in [0, 0.05) is 12.5 Å². The van der Waals surface area contributed by atoms with Gasteiger partial charge in [0.25, 0.3) is 0 Å². The average Bonchev–Trinajstić information content (AvgIpc) is 3.38. The van der Waals surface area contributed by atoms with Gasteiger partial charge in [-0.3, -0.25) is 14.4 Å². The summed E-state index contributed by atoms with van der Waals surface area (Å²) in [5, 5.41) is 9.10. The molecule has 0 radical (unpaired) electrons. The van der Waals surface area contributed by atoms with Crippen LogP contribution in [0.25, 0.3) is 11.1 Å². The van der Waals surface area contributed by atoms with Crippen LogP contribution in [0, 0.1) is 5.92 Å². The van der Waals surface area contributed by atoms with Crippen LogP contribution in [0.5, 0.6) is 17.2 Å². The molecule has 0 spiro atoms. The van der Waals surface area contributed by atoms with E-state index in [-0.39, 0.29) is 35.4 Å². The van der Waals surface area contributed by atoms with Crippen molar-refractivity contribution < 1.29 is 28.2 Å². The lowest BCUT2D eigenvalue weighted by atomic mass is 9.95. The van der Waals surface area contributed by atoms with Gasteiger partial charge in [0.15, 0.2) is 11.5 Å². The van der Waals surface area contributed by atoms with Gasteiger partial charge in [-0.15, -0.1) is 0 Å². The highest BCUT2D eigenvalue weighted by Crippen LogP contribution is 2.50. The second kappa shape index (κ2) is 13.5. The number of carbonyl (C=O) groups excluding carboxylic acids is 2. The number of hydrogen-bond acceptors (Lipinski definition) is 8. The van der Waals surface area contributed by atoms with Gasteiger partial charge < -0.3 is 34.6 Å². The monoisotopic (exact) mass is 577 g/mol. The van der Waals surface area contributed by atoms with Crippen molar-refractivity contribution in [3.05, 3.63) is 69.8 Å². The molecule has 0 saturated carbocycles. The number of aryl methyl sites for hydroxylation is 1. The van der Waals surface area contributed by atoms with Crippen molar-refractivity contribution in [3.63, 3.8) is 0 Å². The Labute approximate surface area is 245 Å². The molecule has 1 aliphatic rings. The molecule has 1 aromatic heterocycles. The molecule has 2 amide bonds. The standard InChI is InChI=1S/C32H39N3O7/c1-18(2)14-26(32(38)33-17-21-8-7-13-42-21)35-25-12-10-22-23(16-27(25)37)24(34-19(3)36)11-9-20-15-28(39-4)30(40-5)31(41-6)29(20)22/h7-8,10,12-13,15-16,18,24,26H,9,11,14,17H2,1-6H3,(H,33,38)(H,34,36)(H,35,37). The molecule has 2 unspecified atom stereocenters. The van der Waals surface area contributed by atoms with Gasteiger partial charge in [0.1, 0.15) is 11.8 Å². The normalized spacial score (nSPS) is 14.6. The Kier molecular flexibility index (Phi) is 9.77. The smallest absolute Gasteiger partial charge is 0.242 e. The SMILES string of the molecule is COc1cc2c(c(OC)c1OC)-c1ccc(NC(CC(C)C)C(=O)NCc3ccco3)c(=O)cc1C(NC(C)=O)CC2. The zero-order chi connectivity index (χ0) is 30.4. The molecule has 1 aliphatic carbocycles. The van der Waals surface area contributed by atoms with Crippen LogP contribution in [0.15, 0.2) is 51.9 Å². The molecule has 0 fully saturated rings. The molecule has 3 aromatic rings. The maximum absolute atomic E-state index is 13.7. The van der Waals surface area contributed by atoms with E-state index in [1.807, 2.05) is 26.0 Å². The highest BCUT2D eigenvalue weighted by atomic mass is 16.5. The Hall–Kier alpha value is -4.47. The number of furan rings is 1. The first-order valence-electron chi connectivity index (χ1n) is 14.0. The van der Waals surface area contributed by atoms with E-state index in [9.17, 15) is 14.4 Å². The molecule has 42 heavy (non-hydrogen) atoms. The Bertz CT molecular complexity index is 1480. The second-order valence-electron chi connectivity index (χ2n) is 10.7. The molecule has 0 bridgehead atoms. The van der Waals surface area contributed by atoms with Crippen LogP contribution in [0.2, 0.25) is 0 Å². The number of amides is 2. The number of hydrogen-bond donors (Lipinski definition) is 3. The van der Waals surface area contributed by atoms with E-state index in [0.717, 1.165) is 11.1 Å². The maximum Gasteiger partial charge on any atom is 0.242 e. The number of benzene rings is 1. The van der Waals surface area contributed by atoms with E-state index < -0.39 is 12.1 Å². The average molecular weight is 578 g/mol. The van der Waals surface area contributed by atoms with Gasteiger partial charge in [-0.05, 0) is 72.2 Å². The minimum Gasteiger partial charge on any atom is -0.493 e. The first-order valence-corrected chi connectivity index (χ1v) is 14.0. The highest BCUT2D eigenvalue weighted by Gasteiger charge is 2.30. The van der Waals surface area contributed by atoms with E-state index in [2.05, 4.69) is 16.0 Å². The van der Waals surface area contributed by atoms with Gasteiger partial charge in [-0.25, -0.2) is 0 Å². The Morgan fingerprint density at radius 1 is 1.05 bits per heavy atom. The Morgan fingerprint density at radius 3 is 2.43 bits per heavy atom. The fraction of sp³-hybridized carbons (Fsp3) is 0.406. The lowest BCUT2D eigenvalue weighted by molar-refractivity contribution is -0.122. The van der Waals surface area contributed by atoms with Gasteiger partial charge in [0.05, 0.1) is 45.9 Å². The molecular formula is C32H39N3O7. The number of fused-ring (bicyclic) bond motifs is 3.